The molecular weight excluding hydrogens is 816 g/mol. The van der Waals surface area contributed by atoms with Crippen LogP contribution in [0.15, 0.2) is 91.3 Å². The minimum Gasteiger partial charge on any atom is -0.368 e. The molecule has 3 aliphatic rings. The van der Waals surface area contributed by atoms with Gasteiger partial charge >= 0.3 is 0 Å². The van der Waals surface area contributed by atoms with E-state index < -0.39 is 35.2 Å². The van der Waals surface area contributed by atoms with Crippen LogP contribution in [0.4, 0.5) is 47.7 Å². The second-order valence-corrected chi connectivity index (χ2v) is 15.8. The molecule has 3 aliphatic heterocycles. The number of carbonyl (C=O) groups excluding carboxylic acids is 4. The zero-order valence-corrected chi connectivity index (χ0v) is 34.3. The first-order chi connectivity index (χ1) is 30.5. The summed E-state index contributed by atoms with van der Waals surface area (Å²) < 4.78 is 43.7. The van der Waals surface area contributed by atoms with Gasteiger partial charge in [-0.05, 0) is 98.8 Å². The van der Waals surface area contributed by atoms with E-state index in [1.165, 1.54) is 24.3 Å². The fourth-order valence-electron chi connectivity index (χ4n) is 7.93. The topological polar surface area (TPSA) is 177 Å². The Hall–Kier alpha value is -6.92. The number of nitrogens with one attached hydrogen (secondary N) is 5. The van der Waals surface area contributed by atoms with E-state index in [0.29, 0.717) is 34.2 Å². The Labute approximate surface area is 361 Å². The van der Waals surface area contributed by atoms with Crippen LogP contribution in [0.1, 0.15) is 64.4 Å². The van der Waals surface area contributed by atoms with Gasteiger partial charge in [0.05, 0.1) is 35.3 Å². The van der Waals surface area contributed by atoms with Crippen molar-refractivity contribution < 1.29 is 32.3 Å². The van der Waals surface area contributed by atoms with Crippen LogP contribution in [0, 0.1) is 23.4 Å². The smallest absolute Gasteiger partial charge is 0.265 e. The van der Waals surface area contributed by atoms with Crippen LogP contribution >= 0.6 is 0 Å². The number of pyridine rings is 1. The van der Waals surface area contributed by atoms with Crippen molar-refractivity contribution in [2.75, 3.05) is 66.7 Å². The first kappa shape index (κ1) is 42.8. The fraction of sp³-hybridized carbons (Fsp3) is 0.311. The number of halogens is 3. The summed E-state index contributed by atoms with van der Waals surface area (Å²) in [6, 6.07) is 20.3. The Bertz CT molecular complexity index is 2460. The normalized spacial score (nSPS) is 17.5. The lowest BCUT2D eigenvalue weighted by atomic mass is 9.94. The van der Waals surface area contributed by atoms with Crippen molar-refractivity contribution in [2.24, 2.45) is 5.92 Å². The predicted octanol–water partition coefficient (Wildman–Crippen LogP) is 6.12. The highest BCUT2D eigenvalue weighted by atomic mass is 19.1. The van der Waals surface area contributed by atoms with Crippen molar-refractivity contribution in [3.63, 3.8) is 0 Å². The molecule has 0 radical (unpaired) electrons. The highest BCUT2D eigenvalue weighted by Crippen LogP contribution is 2.29. The molecule has 18 heteroatoms. The summed E-state index contributed by atoms with van der Waals surface area (Å²) in [5.41, 5.74) is 5.68. The Kier molecular flexibility index (Phi) is 13.2. The third kappa shape index (κ3) is 10.8. The Balaban J connectivity index is 0.742. The molecule has 3 aromatic carbocycles. The first-order valence-corrected chi connectivity index (χ1v) is 20.9. The van der Waals surface area contributed by atoms with Gasteiger partial charge in [-0.1, -0.05) is 12.1 Å². The maximum Gasteiger partial charge on any atom is 0.265 e. The largest absolute Gasteiger partial charge is 0.368 e. The van der Waals surface area contributed by atoms with Gasteiger partial charge < -0.3 is 20.9 Å². The number of piperazine rings is 1. The summed E-state index contributed by atoms with van der Waals surface area (Å²) in [7, 11) is 0. The van der Waals surface area contributed by atoms with Gasteiger partial charge in [-0.3, -0.25) is 39.8 Å². The molecule has 1 atom stereocenters. The molecule has 0 saturated carbocycles. The quantitative estimate of drug-likeness (QED) is 0.0860. The van der Waals surface area contributed by atoms with E-state index in [9.17, 15) is 28.0 Å². The van der Waals surface area contributed by atoms with Crippen LogP contribution in [0.5, 0.6) is 0 Å². The second-order valence-electron chi connectivity index (χ2n) is 15.8. The van der Waals surface area contributed by atoms with E-state index in [1.807, 2.05) is 5.01 Å². The van der Waals surface area contributed by atoms with E-state index in [0.717, 1.165) is 71.3 Å². The van der Waals surface area contributed by atoms with Crippen LogP contribution < -0.4 is 31.6 Å². The number of hydrogen-bond donors (Lipinski definition) is 5. The van der Waals surface area contributed by atoms with Gasteiger partial charge in [0.1, 0.15) is 11.6 Å². The molecule has 3 saturated heterocycles. The summed E-state index contributed by atoms with van der Waals surface area (Å²) in [6.07, 6.45) is 6.05. The van der Waals surface area contributed by atoms with Gasteiger partial charge in [0.15, 0.2) is 11.6 Å². The molecule has 1 unspecified atom stereocenters. The van der Waals surface area contributed by atoms with Crippen LogP contribution in [0.25, 0.3) is 0 Å². The summed E-state index contributed by atoms with van der Waals surface area (Å²) in [5.74, 6) is -3.68. The lowest BCUT2D eigenvalue weighted by Crippen LogP contribution is -2.48. The number of hydrazine groups is 1. The molecule has 0 spiro atoms. The van der Waals surface area contributed by atoms with Gasteiger partial charge in [-0.15, -0.1) is 0 Å². The number of piperidine rings is 2. The molecule has 0 bridgehead atoms. The summed E-state index contributed by atoms with van der Waals surface area (Å²) in [5, 5.41) is 12.8. The summed E-state index contributed by atoms with van der Waals surface area (Å²) >= 11 is 0. The summed E-state index contributed by atoms with van der Waals surface area (Å²) in [4.78, 5) is 66.4. The van der Waals surface area contributed by atoms with E-state index in [1.54, 1.807) is 60.8 Å². The minimum atomic E-state index is -0.757. The van der Waals surface area contributed by atoms with Crippen molar-refractivity contribution in [3.8, 4) is 0 Å². The highest BCUT2D eigenvalue weighted by molar-refractivity contribution is 6.04. The SMILES string of the molecule is O=C1CCC(c2ncc(N3CCN(CCC4CCN(NC(=O)c5ccc(Nc6ncc(F)c(Nc7ccc(NC(=O)c8ccccc8F)cc7)n6)cc5)CC4)CC3)cc2F)C(=O)N1. The van der Waals surface area contributed by atoms with Crippen LogP contribution in [-0.4, -0.2) is 94.3 Å². The average molecular weight is 862 g/mol. The number of rotatable bonds is 13. The maximum atomic E-state index is 15.0. The maximum absolute atomic E-state index is 15.0. The molecule has 5 heterocycles. The zero-order chi connectivity index (χ0) is 43.9. The molecule has 3 fully saturated rings. The number of amides is 4. The molecule has 8 rings (SSSR count). The molecular formula is C45H46F3N11O4. The highest BCUT2D eigenvalue weighted by Gasteiger charge is 2.32. The van der Waals surface area contributed by atoms with E-state index >= 15 is 4.39 Å². The standard InChI is InChI=1S/C45H46F3N11O4/c46-36-4-2-1-3-34(36)43(62)52-31-11-9-30(10-12-31)51-41-38(48)27-50-45(55-41)53-32-7-5-29(6-8-32)42(61)56-59-19-16-28(17-20-59)15-18-57-21-23-58(24-22-57)33-25-37(47)40(49-26-33)35-13-14-39(60)54-44(35)63/h1-12,25-28,35H,13-24H2,(H,52,62)(H,56,61)(H,54,60,63)(H2,50,51,53,55). The lowest BCUT2D eigenvalue weighted by molar-refractivity contribution is -0.134. The molecule has 63 heavy (non-hydrogen) atoms. The van der Waals surface area contributed by atoms with Crippen molar-refractivity contribution >= 4 is 58.1 Å². The lowest BCUT2D eigenvalue weighted by Gasteiger charge is -2.37. The van der Waals surface area contributed by atoms with E-state index in [4.69, 9.17) is 0 Å². The molecule has 15 nitrogen and oxygen atoms in total. The van der Waals surface area contributed by atoms with Crippen molar-refractivity contribution in [3.05, 3.63) is 126 Å². The molecule has 2 aromatic heterocycles. The van der Waals surface area contributed by atoms with Gasteiger partial charge in [-0.2, -0.15) is 4.98 Å². The minimum absolute atomic E-state index is 0.0820. The predicted molar refractivity (Wildman–Crippen MR) is 230 cm³/mol. The van der Waals surface area contributed by atoms with Gasteiger partial charge in [0.2, 0.25) is 17.8 Å². The van der Waals surface area contributed by atoms with Crippen molar-refractivity contribution in [2.45, 2.75) is 38.0 Å². The molecule has 326 valence electrons. The first-order valence-electron chi connectivity index (χ1n) is 20.9. The zero-order valence-electron chi connectivity index (χ0n) is 34.3. The number of benzene rings is 3. The monoisotopic (exact) mass is 861 g/mol. The number of carbonyl (C=O) groups is 4. The molecule has 0 aliphatic carbocycles. The summed E-state index contributed by atoms with van der Waals surface area (Å²) in [6.45, 7) is 5.61. The van der Waals surface area contributed by atoms with Gasteiger partial charge in [0.25, 0.3) is 11.8 Å². The van der Waals surface area contributed by atoms with Crippen LogP contribution in [0.3, 0.4) is 0 Å². The Morgan fingerprint density at radius 1 is 0.730 bits per heavy atom. The number of imide groups is 1. The Morgan fingerprint density at radius 3 is 2.14 bits per heavy atom. The number of anilines is 6. The fourth-order valence-corrected chi connectivity index (χ4v) is 7.93. The third-order valence-electron chi connectivity index (χ3n) is 11.6. The third-order valence-corrected chi connectivity index (χ3v) is 11.6. The van der Waals surface area contributed by atoms with Crippen molar-refractivity contribution in [1.29, 1.82) is 0 Å². The number of hydrogen-bond acceptors (Lipinski definition) is 12. The molecule has 5 N–H and O–H groups in total. The molecule has 4 amide bonds. The van der Waals surface area contributed by atoms with Gasteiger partial charge in [-0.25, -0.2) is 23.2 Å². The molecule has 5 aromatic rings. The van der Waals surface area contributed by atoms with Crippen LogP contribution in [0.2, 0.25) is 0 Å². The van der Waals surface area contributed by atoms with Crippen LogP contribution in [-0.2, 0) is 9.59 Å². The van der Waals surface area contributed by atoms with Gasteiger partial charge in [0, 0.05) is 74.4 Å². The second kappa shape index (κ2) is 19.4. The van der Waals surface area contributed by atoms with Crippen molar-refractivity contribution in [1.82, 2.24) is 35.6 Å². The average Bonchev–Trinajstić information content (AvgIpc) is 3.29. The van der Waals surface area contributed by atoms with E-state index in [-0.39, 0.29) is 47.7 Å². The van der Waals surface area contributed by atoms with E-state index in [2.05, 4.69) is 51.4 Å². The number of aromatic nitrogens is 3. The Morgan fingerprint density at radius 2 is 1.43 bits per heavy atom. The number of nitrogens with zero attached hydrogens (tertiary/aromatic N) is 6.